The number of thiophene rings is 1. The lowest BCUT2D eigenvalue weighted by Crippen LogP contribution is -2.53. The molecule has 0 bridgehead atoms. The fourth-order valence-corrected chi connectivity index (χ4v) is 2.73. The standard InChI is InChI=1S/C13H12N2O2S2/c1-3-6-15-12(17)10(11(16)14-13(15)18)7-9-5-4-8(2)19-9/h3-5,7H,1,6H2,2H3,(H,14,16,18)/b10-7-. The van der Waals surface area contributed by atoms with E-state index in [9.17, 15) is 9.59 Å². The Morgan fingerprint density at radius 3 is 2.79 bits per heavy atom. The van der Waals surface area contributed by atoms with E-state index >= 15 is 0 Å². The minimum absolute atomic E-state index is 0.0947. The summed E-state index contributed by atoms with van der Waals surface area (Å²) in [6.45, 7) is 5.81. The molecule has 1 aromatic rings. The fourth-order valence-electron chi connectivity index (χ4n) is 1.66. The Bertz CT molecular complexity index is 602. The van der Waals surface area contributed by atoms with Crippen molar-refractivity contribution in [2.75, 3.05) is 6.54 Å². The fraction of sp³-hybridized carbons (Fsp3) is 0.154. The summed E-state index contributed by atoms with van der Waals surface area (Å²) in [6.07, 6.45) is 3.15. The number of nitrogens with one attached hydrogen (secondary N) is 1. The van der Waals surface area contributed by atoms with Crippen molar-refractivity contribution in [3.63, 3.8) is 0 Å². The number of carbonyl (C=O) groups excluding carboxylic acids is 2. The zero-order valence-electron chi connectivity index (χ0n) is 10.3. The molecule has 2 amide bonds. The molecule has 1 saturated heterocycles. The van der Waals surface area contributed by atoms with Gasteiger partial charge in [-0.15, -0.1) is 17.9 Å². The lowest BCUT2D eigenvalue weighted by molar-refractivity contribution is -0.128. The highest BCUT2D eigenvalue weighted by atomic mass is 32.1. The number of rotatable bonds is 3. The van der Waals surface area contributed by atoms with Crippen molar-refractivity contribution in [2.45, 2.75) is 6.92 Å². The second-order valence-corrected chi connectivity index (χ2v) is 5.68. The third-order valence-corrected chi connectivity index (χ3v) is 3.82. The van der Waals surface area contributed by atoms with E-state index in [-0.39, 0.29) is 23.1 Å². The highest BCUT2D eigenvalue weighted by molar-refractivity contribution is 7.80. The number of hydrogen-bond acceptors (Lipinski definition) is 4. The summed E-state index contributed by atoms with van der Waals surface area (Å²) in [5.41, 5.74) is 0.0947. The smallest absolute Gasteiger partial charge is 0.265 e. The molecular formula is C13H12N2O2S2. The van der Waals surface area contributed by atoms with Crippen LogP contribution in [0.1, 0.15) is 9.75 Å². The van der Waals surface area contributed by atoms with Crippen LogP contribution in [-0.4, -0.2) is 28.4 Å². The zero-order chi connectivity index (χ0) is 14.0. The van der Waals surface area contributed by atoms with Crippen molar-refractivity contribution in [1.82, 2.24) is 10.2 Å². The van der Waals surface area contributed by atoms with E-state index in [0.717, 1.165) is 9.75 Å². The third kappa shape index (κ3) is 2.80. The molecule has 1 aliphatic heterocycles. The van der Waals surface area contributed by atoms with Crippen LogP contribution in [0, 0.1) is 6.92 Å². The first-order valence-corrected chi connectivity index (χ1v) is 6.81. The molecule has 6 heteroatoms. The number of nitrogens with zero attached hydrogens (tertiary/aromatic N) is 1. The van der Waals surface area contributed by atoms with Gasteiger partial charge in [-0.1, -0.05) is 6.08 Å². The Morgan fingerprint density at radius 2 is 2.21 bits per heavy atom. The molecule has 1 fully saturated rings. The second kappa shape index (κ2) is 5.46. The molecule has 0 saturated carbocycles. The largest absolute Gasteiger partial charge is 0.298 e. The van der Waals surface area contributed by atoms with Crippen LogP contribution in [0.15, 0.2) is 30.4 Å². The van der Waals surface area contributed by atoms with Crippen LogP contribution in [0.5, 0.6) is 0 Å². The lowest BCUT2D eigenvalue weighted by atomic mass is 10.1. The number of thiocarbonyl (C=S) groups is 1. The molecule has 0 atom stereocenters. The topological polar surface area (TPSA) is 49.4 Å². The minimum atomic E-state index is -0.457. The Balaban J connectivity index is 2.35. The lowest BCUT2D eigenvalue weighted by Gasteiger charge is -2.27. The Hall–Kier alpha value is -1.79. The van der Waals surface area contributed by atoms with Gasteiger partial charge in [0.25, 0.3) is 11.8 Å². The van der Waals surface area contributed by atoms with Gasteiger partial charge in [0.2, 0.25) is 0 Å². The van der Waals surface area contributed by atoms with Crippen LogP contribution >= 0.6 is 23.6 Å². The van der Waals surface area contributed by atoms with Crippen LogP contribution in [-0.2, 0) is 9.59 Å². The predicted molar refractivity (Wildman–Crippen MR) is 79.7 cm³/mol. The number of carbonyl (C=O) groups is 2. The minimum Gasteiger partial charge on any atom is -0.298 e. The van der Waals surface area contributed by atoms with Gasteiger partial charge in [-0.25, -0.2) is 0 Å². The van der Waals surface area contributed by atoms with Gasteiger partial charge in [-0.05, 0) is 37.4 Å². The molecule has 19 heavy (non-hydrogen) atoms. The SMILES string of the molecule is C=CCN1C(=O)/C(=C\c2ccc(C)s2)C(=O)NC1=S. The van der Waals surface area contributed by atoms with Crippen molar-refractivity contribution >= 4 is 46.6 Å². The average Bonchev–Trinajstić information content (AvgIpc) is 2.76. The van der Waals surface area contributed by atoms with Gasteiger partial charge in [0.1, 0.15) is 5.57 Å². The molecule has 4 nitrogen and oxygen atoms in total. The van der Waals surface area contributed by atoms with E-state index in [4.69, 9.17) is 12.2 Å². The van der Waals surface area contributed by atoms with Gasteiger partial charge in [0, 0.05) is 16.3 Å². The average molecular weight is 292 g/mol. The van der Waals surface area contributed by atoms with Gasteiger partial charge >= 0.3 is 0 Å². The summed E-state index contributed by atoms with van der Waals surface area (Å²) in [7, 11) is 0. The number of amides is 2. The summed E-state index contributed by atoms with van der Waals surface area (Å²) < 4.78 is 0. The van der Waals surface area contributed by atoms with E-state index in [1.165, 1.54) is 16.2 Å². The quantitative estimate of drug-likeness (QED) is 0.400. The summed E-state index contributed by atoms with van der Waals surface area (Å²) in [6, 6.07) is 3.81. The maximum absolute atomic E-state index is 12.2. The van der Waals surface area contributed by atoms with Gasteiger partial charge in [-0.2, -0.15) is 0 Å². The van der Waals surface area contributed by atoms with Crippen molar-refractivity contribution in [1.29, 1.82) is 0 Å². The molecular weight excluding hydrogens is 280 g/mol. The van der Waals surface area contributed by atoms with E-state index in [2.05, 4.69) is 11.9 Å². The van der Waals surface area contributed by atoms with Crippen molar-refractivity contribution in [2.24, 2.45) is 0 Å². The first-order chi connectivity index (χ1) is 9.02. The van der Waals surface area contributed by atoms with Crippen LogP contribution in [0.2, 0.25) is 0 Å². The molecule has 0 unspecified atom stereocenters. The normalized spacial score (nSPS) is 17.8. The van der Waals surface area contributed by atoms with Crippen LogP contribution in [0.3, 0.4) is 0 Å². The molecule has 1 N–H and O–H groups in total. The predicted octanol–water partition coefficient (Wildman–Crippen LogP) is 1.87. The van der Waals surface area contributed by atoms with Gasteiger partial charge in [0.05, 0.1) is 0 Å². The van der Waals surface area contributed by atoms with Crippen LogP contribution in [0.4, 0.5) is 0 Å². The second-order valence-electron chi connectivity index (χ2n) is 3.97. The van der Waals surface area contributed by atoms with E-state index < -0.39 is 5.91 Å². The van der Waals surface area contributed by atoms with Gasteiger partial charge < -0.3 is 0 Å². The Morgan fingerprint density at radius 1 is 1.47 bits per heavy atom. The summed E-state index contributed by atoms with van der Waals surface area (Å²) >= 11 is 6.49. The maximum Gasteiger partial charge on any atom is 0.265 e. The third-order valence-electron chi connectivity index (χ3n) is 2.55. The maximum atomic E-state index is 12.2. The molecule has 0 aromatic carbocycles. The number of hydrogen-bond donors (Lipinski definition) is 1. The van der Waals surface area contributed by atoms with Gasteiger partial charge in [0.15, 0.2) is 5.11 Å². The molecule has 0 radical (unpaired) electrons. The first kappa shape index (κ1) is 13.6. The molecule has 2 heterocycles. The monoisotopic (exact) mass is 292 g/mol. The highest BCUT2D eigenvalue weighted by Gasteiger charge is 2.32. The van der Waals surface area contributed by atoms with Crippen molar-refractivity contribution in [3.8, 4) is 0 Å². The summed E-state index contributed by atoms with van der Waals surface area (Å²) in [5.74, 6) is -0.846. The Kier molecular flexibility index (Phi) is 3.92. The molecule has 0 aliphatic carbocycles. The van der Waals surface area contributed by atoms with Crippen LogP contribution < -0.4 is 5.32 Å². The molecule has 1 aromatic heterocycles. The first-order valence-electron chi connectivity index (χ1n) is 5.59. The van der Waals surface area contributed by atoms with E-state index in [1.807, 2.05) is 19.1 Å². The Labute approximate surface area is 120 Å². The number of aryl methyl sites for hydroxylation is 1. The highest BCUT2D eigenvalue weighted by Crippen LogP contribution is 2.20. The van der Waals surface area contributed by atoms with E-state index in [1.54, 1.807) is 12.2 Å². The molecule has 98 valence electrons. The summed E-state index contributed by atoms with van der Waals surface area (Å²) in [5, 5.41) is 2.63. The molecule has 2 rings (SSSR count). The van der Waals surface area contributed by atoms with Crippen molar-refractivity contribution < 1.29 is 9.59 Å². The summed E-state index contributed by atoms with van der Waals surface area (Å²) in [4.78, 5) is 27.4. The zero-order valence-corrected chi connectivity index (χ0v) is 11.9. The molecule has 0 spiro atoms. The van der Waals surface area contributed by atoms with Crippen molar-refractivity contribution in [3.05, 3.63) is 40.1 Å². The van der Waals surface area contributed by atoms with E-state index in [0.29, 0.717) is 0 Å². The van der Waals surface area contributed by atoms with Gasteiger partial charge in [-0.3, -0.25) is 19.8 Å². The molecule has 1 aliphatic rings. The van der Waals surface area contributed by atoms with Crippen LogP contribution in [0.25, 0.3) is 6.08 Å².